The van der Waals surface area contributed by atoms with Gasteiger partial charge in [-0.3, -0.25) is 0 Å². The summed E-state index contributed by atoms with van der Waals surface area (Å²) in [6, 6.07) is 13.2. The number of carbonyl (C=O) groups excluding carboxylic acids is 1. The minimum atomic E-state index is -0.441. The van der Waals surface area contributed by atoms with E-state index in [-0.39, 0.29) is 12.4 Å². The van der Waals surface area contributed by atoms with Crippen molar-refractivity contribution < 1.29 is 19.1 Å². The number of esters is 1. The van der Waals surface area contributed by atoms with Gasteiger partial charge in [0.15, 0.2) is 0 Å². The SMILES string of the molecule is CCOC(=O)c1c(CN(C)c2ccccc2)oc2ccc(O)c(CN(C)C)c12. The van der Waals surface area contributed by atoms with Gasteiger partial charge >= 0.3 is 5.97 Å². The normalized spacial score (nSPS) is 11.2. The Morgan fingerprint density at radius 2 is 1.79 bits per heavy atom. The Balaban J connectivity index is 2.13. The Bertz CT molecular complexity index is 964. The highest BCUT2D eigenvalue weighted by Crippen LogP contribution is 2.36. The monoisotopic (exact) mass is 382 g/mol. The van der Waals surface area contributed by atoms with Gasteiger partial charge in [-0.05, 0) is 45.3 Å². The molecule has 28 heavy (non-hydrogen) atoms. The zero-order valence-electron chi connectivity index (χ0n) is 16.7. The van der Waals surface area contributed by atoms with Crippen LogP contribution in [0.5, 0.6) is 5.75 Å². The van der Waals surface area contributed by atoms with E-state index in [1.54, 1.807) is 19.1 Å². The number of benzene rings is 2. The van der Waals surface area contributed by atoms with Gasteiger partial charge in [0.05, 0.1) is 13.2 Å². The number of carbonyl (C=O) groups is 1. The van der Waals surface area contributed by atoms with Crippen LogP contribution in [0.25, 0.3) is 11.0 Å². The first-order chi connectivity index (χ1) is 13.4. The molecule has 0 unspecified atom stereocenters. The van der Waals surface area contributed by atoms with E-state index in [1.165, 1.54) is 0 Å². The molecule has 0 spiro atoms. The third-order valence-electron chi connectivity index (χ3n) is 4.54. The molecular formula is C22H26N2O4. The van der Waals surface area contributed by atoms with Crippen LogP contribution in [0.3, 0.4) is 0 Å². The van der Waals surface area contributed by atoms with Crippen LogP contribution in [-0.2, 0) is 17.8 Å². The van der Waals surface area contributed by atoms with Crippen LogP contribution >= 0.6 is 0 Å². The van der Waals surface area contributed by atoms with E-state index in [1.807, 2.05) is 61.3 Å². The number of aromatic hydroxyl groups is 1. The van der Waals surface area contributed by atoms with Crippen molar-refractivity contribution in [3.63, 3.8) is 0 Å². The number of phenolic OH excluding ortho intramolecular Hbond substituents is 1. The number of nitrogens with zero attached hydrogens (tertiary/aromatic N) is 2. The molecule has 3 aromatic rings. The molecule has 0 fully saturated rings. The number of furan rings is 1. The zero-order valence-corrected chi connectivity index (χ0v) is 16.7. The maximum absolute atomic E-state index is 12.8. The molecule has 0 radical (unpaired) electrons. The number of para-hydroxylation sites is 1. The fourth-order valence-electron chi connectivity index (χ4n) is 3.29. The van der Waals surface area contributed by atoms with E-state index in [0.29, 0.717) is 40.9 Å². The summed E-state index contributed by atoms with van der Waals surface area (Å²) in [5.74, 6) is 0.212. The van der Waals surface area contributed by atoms with Crippen LogP contribution in [0.2, 0.25) is 0 Å². The molecule has 0 bridgehead atoms. The summed E-state index contributed by atoms with van der Waals surface area (Å²) in [7, 11) is 5.76. The van der Waals surface area contributed by atoms with E-state index in [0.717, 1.165) is 5.69 Å². The first-order valence-electron chi connectivity index (χ1n) is 9.26. The quantitative estimate of drug-likeness (QED) is 0.623. The Kier molecular flexibility index (Phi) is 5.90. The van der Waals surface area contributed by atoms with Gasteiger partial charge in [-0.1, -0.05) is 18.2 Å². The van der Waals surface area contributed by atoms with Gasteiger partial charge in [0.1, 0.15) is 22.7 Å². The molecule has 0 aliphatic carbocycles. The second-order valence-corrected chi connectivity index (χ2v) is 6.99. The predicted molar refractivity (Wildman–Crippen MR) is 110 cm³/mol. The van der Waals surface area contributed by atoms with Gasteiger partial charge in [0, 0.05) is 30.2 Å². The lowest BCUT2D eigenvalue weighted by molar-refractivity contribution is 0.0525. The highest BCUT2D eigenvalue weighted by atomic mass is 16.5. The van der Waals surface area contributed by atoms with Crippen LogP contribution in [0.15, 0.2) is 46.9 Å². The fourth-order valence-corrected chi connectivity index (χ4v) is 3.29. The zero-order chi connectivity index (χ0) is 20.3. The van der Waals surface area contributed by atoms with Crippen molar-refractivity contribution in [2.45, 2.75) is 20.0 Å². The maximum Gasteiger partial charge on any atom is 0.342 e. The molecule has 0 saturated heterocycles. The standard InChI is InChI=1S/C22H26N2O4/c1-5-27-22(26)21-19(14-24(4)15-9-7-6-8-10-15)28-18-12-11-17(25)16(20(18)21)13-23(2)3/h6-12,25H,5,13-14H2,1-4H3. The van der Waals surface area contributed by atoms with Gasteiger partial charge in [0.25, 0.3) is 0 Å². The maximum atomic E-state index is 12.8. The number of anilines is 1. The average Bonchev–Trinajstić information content (AvgIpc) is 3.03. The summed E-state index contributed by atoms with van der Waals surface area (Å²) < 4.78 is 11.4. The molecule has 0 aliphatic heterocycles. The smallest absolute Gasteiger partial charge is 0.342 e. The molecule has 6 nitrogen and oxygen atoms in total. The molecular weight excluding hydrogens is 356 g/mol. The highest BCUT2D eigenvalue weighted by Gasteiger charge is 2.26. The molecule has 3 rings (SSSR count). The summed E-state index contributed by atoms with van der Waals surface area (Å²) in [4.78, 5) is 16.8. The number of phenols is 1. The Morgan fingerprint density at radius 3 is 2.43 bits per heavy atom. The molecule has 0 saturated carbocycles. The van der Waals surface area contributed by atoms with Crippen molar-refractivity contribution in [1.82, 2.24) is 4.90 Å². The van der Waals surface area contributed by atoms with Gasteiger partial charge in [-0.25, -0.2) is 4.79 Å². The number of hydrogen-bond acceptors (Lipinski definition) is 6. The summed E-state index contributed by atoms with van der Waals surface area (Å²) >= 11 is 0. The average molecular weight is 382 g/mol. The first kappa shape index (κ1) is 19.8. The molecule has 0 atom stereocenters. The molecule has 1 N–H and O–H groups in total. The summed E-state index contributed by atoms with van der Waals surface area (Å²) in [5, 5.41) is 11.0. The van der Waals surface area contributed by atoms with Crippen LogP contribution in [0, 0.1) is 0 Å². The molecule has 0 aliphatic rings. The van der Waals surface area contributed by atoms with E-state index in [4.69, 9.17) is 9.15 Å². The molecule has 1 heterocycles. The predicted octanol–water partition coefficient (Wildman–Crippen LogP) is 4.01. The third-order valence-corrected chi connectivity index (χ3v) is 4.54. The molecule has 1 aromatic heterocycles. The van der Waals surface area contributed by atoms with Crippen molar-refractivity contribution in [3.8, 4) is 5.75 Å². The molecule has 148 valence electrons. The number of hydrogen-bond donors (Lipinski definition) is 1. The van der Waals surface area contributed by atoms with Gasteiger partial charge in [0.2, 0.25) is 0 Å². The van der Waals surface area contributed by atoms with Crippen molar-refractivity contribution >= 4 is 22.6 Å². The first-order valence-corrected chi connectivity index (χ1v) is 9.26. The molecule has 6 heteroatoms. The van der Waals surface area contributed by atoms with Gasteiger partial charge < -0.3 is 24.1 Å². The minimum Gasteiger partial charge on any atom is -0.508 e. The Morgan fingerprint density at radius 1 is 1.07 bits per heavy atom. The number of fused-ring (bicyclic) bond motifs is 1. The van der Waals surface area contributed by atoms with Crippen molar-refractivity contribution in [2.75, 3.05) is 32.6 Å². The second-order valence-electron chi connectivity index (χ2n) is 6.99. The van der Waals surface area contributed by atoms with Gasteiger partial charge in [-0.15, -0.1) is 0 Å². The third kappa shape index (κ3) is 3.97. The number of rotatable bonds is 7. The van der Waals surface area contributed by atoms with Crippen LogP contribution < -0.4 is 4.90 Å². The summed E-state index contributed by atoms with van der Waals surface area (Å²) in [6.07, 6.45) is 0. The van der Waals surface area contributed by atoms with Crippen molar-refractivity contribution in [2.24, 2.45) is 0 Å². The van der Waals surface area contributed by atoms with Crippen LogP contribution in [0.4, 0.5) is 5.69 Å². The van der Waals surface area contributed by atoms with Crippen LogP contribution in [-0.4, -0.2) is 43.7 Å². The summed E-state index contributed by atoms with van der Waals surface area (Å²) in [5.41, 5.74) is 2.61. The van der Waals surface area contributed by atoms with E-state index in [9.17, 15) is 9.90 Å². The molecule has 0 amide bonds. The Labute approximate surface area is 164 Å². The lowest BCUT2D eigenvalue weighted by Crippen LogP contribution is -2.18. The second kappa shape index (κ2) is 8.35. The van der Waals surface area contributed by atoms with E-state index >= 15 is 0 Å². The fraction of sp³-hybridized carbons (Fsp3) is 0.318. The van der Waals surface area contributed by atoms with Crippen molar-refractivity contribution in [3.05, 3.63) is 59.4 Å². The largest absolute Gasteiger partial charge is 0.508 e. The summed E-state index contributed by atoms with van der Waals surface area (Å²) in [6.45, 7) is 2.91. The Hall–Kier alpha value is -2.99. The number of ether oxygens (including phenoxy) is 1. The van der Waals surface area contributed by atoms with Crippen LogP contribution in [0.1, 0.15) is 28.6 Å². The van der Waals surface area contributed by atoms with E-state index < -0.39 is 5.97 Å². The minimum absolute atomic E-state index is 0.135. The molecule has 2 aromatic carbocycles. The lowest BCUT2D eigenvalue weighted by atomic mass is 10.0. The van der Waals surface area contributed by atoms with Crippen molar-refractivity contribution in [1.29, 1.82) is 0 Å². The van der Waals surface area contributed by atoms with E-state index in [2.05, 4.69) is 0 Å². The van der Waals surface area contributed by atoms with Gasteiger partial charge in [-0.2, -0.15) is 0 Å². The highest BCUT2D eigenvalue weighted by molar-refractivity contribution is 6.06. The lowest BCUT2D eigenvalue weighted by Gasteiger charge is -2.18. The topological polar surface area (TPSA) is 66.1 Å².